The molecular formula is C23H25F3N4O3. The quantitative estimate of drug-likeness (QED) is 0.761. The number of hydrogen-bond donors (Lipinski definition) is 1. The highest BCUT2D eigenvalue weighted by Gasteiger charge is 2.55. The summed E-state index contributed by atoms with van der Waals surface area (Å²) in [5.41, 5.74) is -0.177. The molecule has 4 fully saturated rings. The first-order chi connectivity index (χ1) is 15.6. The number of rotatable bonds is 3. The molecule has 33 heavy (non-hydrogen) atoms. The third-order valence-electron chi connectivity index (χ3n) is 7.85. The zero-order valence-corrected chi connectivity index (χ0v) is 18.2. The Morgan fingerprint density at radius 2 is 1.94 bits per heavy atom. The number of alkyl halides is 3. The lowest BCUT2D eigenvalue weighted by atomic mass is 10.0. The van der Waals surface area contributed by atoms with Gasteiger partial charge in [0.05, 0.1) is 23.2 Å². The fourth-order valence-electron chi connectivity index (χ4n) is 5.73. The number of aryl methyl sites for hydroxylation is 1. The molecule has 0 bridgehead atoms. The maximum absolute atomic E-state index is 13.8. The number of benzene rings is 1. The summed E-state index contributed by atoms with van der Waals surface area (Å²) in [5, 5.41) is 10.4. The number of aromatic nitrogens is 2. The van der Waals surface area contributed by atoms with Crippen molar-refractivity contribution >= 4 is 22.8 Å². The Bertz CT molecular complexity index is 1170. The van der Waals surface area contributed by atoms with E-state index < -0.39 is 23.8 Å². The Hall–Kier alpha value is -2.62. The number of carbonyl (C=O) groups is 2. The molecule has 176 valence electrons. The molecule has 3 saturated carbocycles. The summed E-state index contributed by atoms with van der Waals surface area (Å²) >= 11 is 0. The van der Waals surface area contributed by atoms with Crippen LogP contribution in [0.5, 0.6) is 0 Å². The molecule has 2 aromatic rings. The zero-order valence-electron chi connectivity index (χ0n) is 18.2. The number of amides is 2. The van der Waals surface area contributed by atoms with E-state index in [4.69, 9.17) is 0 Å². The maximum atomic E-state index is 13.8. The van der Waals surface area contributed by atoms with Crippen LogP contribution in [0, 0.1) is 11.8 Å². The van der Waals surface area contributed by atoms with Crippen molar-refractivity contribution in [2.45, 2.75) is 49.9 Å². The summed E-state index contributed by atoms with van der Waals surface area (Å²) in [6, 6.07) is 2.65. The molecule has 1 aromatic carbocycles. The first-order valence-electron chi connectivity index (χ1n) is 11.5. The second-order valence-corrected chi connectivity index (χ2v) is 9.97. The van der Waals surface area contributed by atoms with Gasteiger partial charge in [-0.05, 0) is 61.1 Å². The molecule has 0 radical (unpaired) electrons. The highest BCUT2D eigenvalue weighted by atomic mass is 19.4. The predicted octanol–water partition coefficient (Wildman–Crippen LogP) is 2.52. The Balaban J connectivity index is 1.27. The van der Waals surface area contributed by atoms with Crippen molar-refractivity contribution in [1.82, 2.24) is 19.4 Å². The van der Waals surface area contributed by atoms with Crippen molar-refractivity contribution in [1.29, 1.82) is 0 Å². The van der Waals surface area contributed by atoms with Gasteiger partial charge in [0.2, 0.25) is 5.91 Å². The standard InChI is InChI=1S/C23H25F3N4O3/c1-28-16-8-12(11-2-3-11)7-15(23(24,25)26)19(16)27-21(28)22(33)29-4-5-30(18(31)10-29)17-9-13-6-14(13)20(17)32/h7-8,11,13-14,17,20,32H,2-6,9-10H2,1H3/t13-,14-,17-,20-/m0/s1. The molecule has 2 heterocycles. The van der Waals surface area contributed by atoms with Gasteiger partial charge in [0.15, 0.2) is 5.82 Å². The summed E-state index contributed by atoms with van der Waals surface area (Å²) < 4.78 is 42.7. The van der Waals surface area contributed by atoms with Gasteiger partial charge >= 0.3 is 6.18 Å². The van der Waals surface area contributed by atoms with Gasteiger partial charge in [-0.2, -0.15) is 13.2 Å². The van der Waals surface area contributed by atoms with Gasteiger partial charge in [0, 0.05) is 20.1 Å². The average molecular weight is 462 g/mol. The Morgan fingerprint density at radius 1 is 1.18 bits per heavy atom. The van der Waals surface area contributed by atoms with Gasteiger partial charge in [0.1, 0.15) is 12.1 Å². The van der Waals surface area contributed by atoms with E-state index in [2.05, 4.69) is 4.98 Å². The summed E-state index contributed by atoms with van der Waals surface area (Å²) in [7, 11) is 1.54. The van der Waals surface area contributed by atoms with Crippen LogP contribution in [-0.2, 0) is 18.0 Å². The molecule has 4 aliphatic rings. The van der Waals surface area contributed by atoms with Crippen LogP contribution in [0.2, 0.25) is 0 Å². The molecular weight excluding hydrogens is 437 g/mol. The van der Waals surface area contributed by atoms with Crippen LogP contribution in [0.4, 0.5) is 13.2 Å². The van der Waals surface area contributed by atoms with E-state index in [1.54, 1.807) is 18.0 Å². The molecule has 2 amide bonds. The Kier molecular flexibility index (Phi) is 4.41. The molecule has 0 spiro atoms. The number of imidazole rings is 1. The second-order valence-electron chi connectivity index (χ2n) is 9.97. The molecule has 1 saturated heterocycles. The fourth-order valence-corrected chi connectivity index (χ4v) is 5.73. The van der Waals surface area contributed by atoms with Gasteiger partial charge in [-0.3, -0.25) is 9.59 Å². The SMILES string of the molecule is Cn1c(C(=O)N2CCN([C@H]3C[C@@H]4C[C@@H]4[C@@H]3O)C(=O)C2)nc2c(C(F)(F)F)cc(C3CC3)cc21. The lowest BCUT2D eigenvalue weighted by molar-refractivity contribution is -0.140. The highest BCUT2D eigenvalue weighted by Crippen LogP contribution is 2.53. The first-order valence-corrected chi connectivity index (χ1v) is 11.5. The van der Waals surface area contributed by atoms with Gasteiger partial charge in [-0.15, -0.1) is 0 Å². The van der Waals surface area contributed by atoms with Crippen molar-refractivity contribution in [3.05, 3.63) is 29.1 Å². The van der Waals surface area contributed by atoms with E-state index in [1.165, 1.54) is 9.47 Å². The molecule has 10 heteroatoms. The van der Waals surface area contributed by atoms with Gasteiger partial charge in [-0.25, -0.2) is 4.98 Å². The third kappa shape index (κ3) is 3.33. The van der Waals surface area contributed by atoms with Crippen LogP contribution < -0.4 is 0 Å². The minimum absolute atomic E-state index is 0.105. The maximum Gasteiger partial charge on any atom is 0.418 e. The number of fused-ring (bicyclic) bond motifs is 2. The monoisotopic (exact) mass is 462 g/mol. The van der Waals surface area contributed by atoms with E-state index in [9.17, 15) is 27.9 Å². The van der Waals surface area contributed by atoms with Crippen molar-refractivity contribution in [3.8, 4) is 0 Å². The van der Waals surface area contributed by atoms with Crippen LogP contribution >= 0.6 is 0 Å². The summed E-state index contributed by atoms with van der Waals surface area (Å²) in [6.45, 7) is 0.390. The summed E-state index contributed by atoms with van der Waals surface area (Å²) in [4.78, 5) is 33.2. The Labute approximate surface area is 188 Å². The number of hydrogen-bond acceptors (Lipinski definition) is 4. The van der Waals surface area contributed by atoms with Crippen molar-refractivity contribution in [2.24, 2.45) is 18.9 Å². The topological polar surface area (TPSA) is 78.7 Å². The molecule has 1 aromatic heterocycles. The minimum atomic E-state index is -4.58. The summed E-state index contributed by atoms with van der Waals surface area (Å²) in [6.07, 6.45) is -1.57. The predicted molar refractivity (Wildman–Crippen MR) is 111 cm³/mol. The summed E-state index contributed by atoms with van der Waals surface area (Å²) in [5.74, 6) is -0.0194. The molecule has 6 rings (SSSR count). The number of nitrogens with zero attached hydrogens (tertiary/aromatic N) is 4. The van der Waals surface area contributed by atoms with Gasteiger partial charge in [0.25, 0.3) is 5.91 Å². The molecule has 4 atom stereocenters. The molecule has 1 N–H and O–H groups in total. The number of halogens is 3. The van der Waals surface area contributed by atoms with E-state index in [-0.39, 0.29) is 53.7 Å². The van der Waals surface area contributed by atoms with E-state index >= 15 is 0 Å². The van der Waals surface area contributed by atoms with Crippen molar-refractivity contribution < 1.29 is 27.9 Å². The van der Waals surface area contributed by atoms with E-state index in [0.29, 0.717) is 18.0 Å². The molecule has 7 nitrogen and oxygen atoms in total. The number of carbonyl (C=O) groups excluding carboxylic acids is 2. The molecule has 3 aliphatic carbocycles. The lowest BCUT2D eigenvalue weighted by Gasteiger charge is -2.39. The fraction of sp³-hybridized carbons (Fsp3) is 0.609. The largest absolute Gasteiger partial charge is 0.418 e. The van der Waals surface area contributed by atoms with Crippen LogP contribution in [0.3, 0.4) is 0 Å². The first kappa shape index (κ1) is 20.9. The number of piperazine rings is 1. The number of aliphatic hydroxyl groups excluding tert-OH is 1. The van der Waals surface area contributed by atoms with E-state index in [1.807, 2.05) is 0 Å². The van der Waals surface area contributed by atoms with Crippen LogP contribution in [-0.4, -0.2) is 68.1 Å². The van der Waals surface area contributed by atoms with Gasteiger partial charge in [-0.1, -0.05) is 0 Å². The highest BCUT2D eigenvalue weighted by molar-refractivity contribution is 5.98. The van der Waals surface area contributed by atoms with E-state index in [0.717, 1.165) is 31.7 Å². The van der Waals surface area contributed by atoms with Crippen LogP contribution in [0.25, 0.3) is 11.0 Å². The third-order valence-corrected chi connectivity index (χ3v) is 7.85. The van der Waals surface area contributed by atoms with Crippen LogP contribution in [0.15, 0.2) is 12.1 Å². The van der Waals surface area contributed by atoms with Crippen molar-refractivity contribution in [2.75, 3.05) is 19.6 Å². The molecule has 0 unspecified atom stereocenters. The lowest BCUT2D eigenvalue weighted by Crippen LogP contribution is -2.57. The number of aliphatic hydroxyl groups is 1. The molecule has 1 aliphatic heterocycles. The van der Waals surface area contributed by atoms with Crippen LogP contribution in [0.1, 0.15) is 53.3 Å². The second kappa shape index (κ2) is 6.94. The smallest absolute Gasteiger partial charge is 0.391 e. The van der Waals surface area contributed by atoms with Crippen molar-refractivity contribution in [3.63, 3.8) is 0 Å². The minimum Gasteiger partial charge on any atom is -0.391 e. The zero-order chi connectivity index (χ0) is 23.2. The van der Waals surface area contributed by atoms with Gasteiger partial charge < -0.3 is 19.5 Å². The normalized spacial score (nSPS) is 29.7. The average Bonchev–Trinajstić information content (AvgIpc) is 3.68. The Morgan fingerprint density at radius 3 is 2.55 bits per heavy atom.